The Morgan fingerprint density at radius 3 is 2.71 bits per heavy atom. The minimum absolute atomic E-state index is 0.166. The molecule has 1 fully saturated rings. The van der Waals surface area contributed by atoms with Crippen LogP contribution in [0.5, 0.6) is 5.75 Å². The van der Waals surface area contributed by atoms with Gasteiger partial charge in [-0.3, -0.25) is 9.59 Å². The Morgan fingerprint density at radius 2 is 2.12 bits per heavy atom. The lowest BCUT2D eigenvalue weighted by Gasteiger charge is -2.30. The number of aromatic hydroxyl groups is 1. The van der Waals surface area contributed by atoms with Crippen LogP contribution in [-0.2, 0) is 0 Å². The fraction of sp³-hybridized carbons (Fsp3) is 0.500. The number of hydrogen-bond acceptors (Lipinski definition) is 3. The van der Waals surface area contributed by atoms with Gasteiger partial charge in [-0.1, -0.05) is 6.92 Å². The molecule has 1 aliphatic rings. The SMILES string of the molecule is CC1CCN(C(=O)c2c[nH]c(=O)cc2O)CC1. The number of amides is 1. The van der Waals surface area contributed by atoms with Crippen molar-refractivity contribution in [3.05, 3.63) is 28.2 Å². The topological polar surface area (TPSA) is 73.4 Å². The highest BCUT2D eigenvalue weighted by Gasteiger charge is 2.23. The largest absolute Gasteiger partial charge is 0.507 e. The Labute approximate surface area is 99.1 Å². The summed E-state index contributed by atoms with van der Waals surface area (Å²) in [6.45, 7) is 3.58. The first kappa shape index (κ1) is 11.7. The maximum absolute atomic E-state index is 12.1. The number of likely N-dealkylation sites (tertiary alicyclic amines) is 1. The van der Waals surface area contributed by atoms with Crippen molar-refractivity contribution in [2.45, 2.75) is 19.8 Å². The third kappa shape index (κ3) is 2.49. The quantitative estimate of drug-likeness (QED) is 0.762. The summed E-state index contributed by atoms with van der Waals surface area (Å²) in [5, 5.41) is 9.58. The van der Waals surface area contributed by atoms with Crippen LogP contribution in [0.4, 0.5) is 0 Å². The average molecular weight is 236 g/mol. The number of aromatic amines is 1. The first-order valence-corrected chi connectivity index (χ1v) is 5.79. The first-order chi connectivity index (χ1) is 8.08. The highest BCUT2D eigenvalue weighted by molar-refractivity contribution is 5.96. The Bertz CT molecular complexity index is 473. The Morgan fingerprint density at radius 1 is 1.47 bits per heavy atom. The number of pyridine rings is 1. The first-order valence-electron chi connectivity index (χ1n) is 5.79. The lowest BCUT2D eigenvalue weighted by molar-refractivity contribution is 0.0693. The summed E-state index contributed by atoms with van der Waals surface area (Å²) in [7, 11) is 0. The molecule has 2 rings (SSSR count). The minimum Gasteiger partial charge on any atom is -0.507 e. The molecule has 0 unspecified atom stereocenters. The maximum atomic E-state index is 12.1. The molecule has 5 nitrogen and oxygen atoms in total. The molecule has 1 aromatic rings. The summed E-state index contributed by atoms with van der Waals surface area (Å²) in [6, 6.07) is 1.03. The normalized spacial score (nSPS) is 17.1. The smallest absolute Gasteiger partial charge is 0.259 e. The van der Waals surface area contributed by atoms with Crippen molar-refractivity contribution in [1.29, 1.82) is 0 Å². The molecule has 0 radical (unpaired) electrons. The summed E-state index contributed by atoms with van der Waals surface area (Å²) in [4.78, 5) is 27.1. The number of rotatable bonds is 1. The van der Waals surface area contributed by atoms with Gasteiger partial charge in [0.05, 0.1) is 5.56 Å². The van der Waals surface area contributed by atoms with E-state index in [4.69, 9.17) is 0 Å². The van der Waals surface area contributed by atoms with Crippen LogP contribution in [0.3, 0.4) is 0 Å². The van der Waals surface area contributed by atoms with Crippen LogP contribution in [0.1, 0.15) is 30.1 Å². The predicted octanol–water partition coefficient (Wildman–Crippen LogP) is 0.953. The van der Waals surface area contributed by atoms with Gasteiger partial charge in [0.15, 0.2) is 0 Å². The van der Waals surface area contributed by atoms with Crippen molar-refractivity contribution in [2.24, 2.45) is 5.92 Å². The molecule has 0 atom stereocenters. The van der Waals surface area contributed by atoms with E-state index in [2.05, 4.69) is 11.9 Å². The summed E-state index contributed by atoms with van der Waals surface area (Å²) >= 11 is 0. The van der Waals surface area contributed by atoms with Crippen molar-refractivity contribution >= 4 is 5.91 Å². The molecule has 92 valence electrons. The highest BCUT2D eigenvalue weighted by atomic mass is 16.3. The van der Waals surface area contributed by atoms with E-state index in [1.807, 2.05) is 0 Å². The molecule has 0 aliphatic carbocycles. The summed E-state index contributed by atoms with van der Waals surface area (Å²) in [6.07, 6.45) is 3.24. The van der Waals surface area contributed by atoms with Crippen molar-refractivity contribution < 1.29 is 9.90 Å². The van der Waals surface area contributed by atoms with Crippen LogP contribution in [0.2, 0.25) is 0 Å². The van der Waals surface area contributed by atoms with Crippen molar-refractivity contribution in [2.75, 3.05) is 13.1 Å². The fourth-order valence-corrected chi connectivity index (χ4v) is 2.01. The summed E-state index contributed by atoms with van der Waals surface area (Å²) in [5.74, 6) is 0.172. The lowest BCUT2D eigenvalue weighted by atomic mass is 9.99. The Hall–Kier alpha value is -1.78. The average Bonchev–Trinajstić information content (AvgIpc) is 2.29. The van der Waals surface area contributed by atoms with Crippen molar-refractivity contribution in [1.82, 2.24) is 9.88 Å². The molecule has 0 saturated carbocycles. The van der Waals surface area contributed by atoms with Crippen LogP contribution in [-0.4, -0.2) is 34.0 Å². The number of hydrogen-bond donors (Lipinski definition) is 2. The Balaban J connectivity index is 2.17. The number of carbonyl (C=O) groups excluding carboxylic acids is 1. The third-order valence-corrected chi connectivity index (χ3v) is 3.20. The number of piperidine rings is 1. The Kier molecular flexibility index (Phi) is 3.17. The molecule has 2 heterocycles. The van der Waals surface area contributed by atoms with Crippen LogP contribution in [0.15, 0.2) is 17.1 Å². The van der Waals surface area contributed by atoms with Gasteiger partial charge >= 0.3 is 0 Å². The number of nitrogens with one attached hydrogen (secondary N) is 1. The molecule has 2 N–H and O–H groups in total. The second-order valence-electron chi connectivity index (χ2n) is 4.57. The van der Waals surface area contributed by atoms with Gasteiger partial charge in [-0.2, -0.15) is 0 Å². The zero-order valence-electron chi connectivity index (χ0n) is 9.77. The minimum atomic E-state index is -0.411. The standard InChI is InChI=1S/C12H16N2O3/c1-8-2-4-14(5-3-8)12(17)9-7-13-11(16)6-10(9)15/h6-8H,2-5H2,1H3,(H2,13,15,16). The molecule has 1 aromatic heterocycles. The van der Waals surface area contributed by atoms with E-state index in [1.165, 1.54) is 6.20 Å². The zero-order valence-corrected chi connectivity index (χ0v) is 9.77. The van der Waals surface area contributed by atoms with Gasteiger partial charge in [-0.05, 0) is 18.8 Å². The van der Waals surface area contributed by atoms with Crippen molar-refractivity contribution in [3.8, 4) is 5.75 Å². The maximum Gasteiger partial charge on any atom is 0.259 e. The van der Waals surface area contributed by atoms with Gasteiger partial charge < -0.3 is 15.0 Å². The monoisotopic (exact) mass is 236 g/mol. The second kappa shape index (κ2) is 4.61. The molecular weight excluding hydrogens is 220 g/mol. The zero-order chi connectivity index (χ0) is 12.4. The van der Waals surface area contributed by atoms with E-state index in [-0.39, 0.29) is 17.2 Å². The van der Waals surface area contributed by atoms with Crippen LogP contribution < -0.4 is 5.56 Å². The number of H-pyrrole nitrogens is 1. The fourth-order valence-electron chi connectivity index (χ4n) is 2.01. The molecule has 1 aliphatic heterocycles. The molecule has 0 spiro atoms. The molecule has 1 amide bonds. The molecule has 5 heteroatoms. The highest BCUT2D eigenvalue weighted by Crippen LogP contribution is 2.20. The van der Waals surface area contributed by atoms with Gasteiger partial charge in [-0.15, -0.1) is 0 Å². The van der Waals surface area contributed by atoms with Crippen LogP contribution in [0, 0.1) is 5.92 Å². The van der Waals surface area contributed by atoms with Crippen molar-refractivity contribution in [3.63, 3.8) is 0 Å². The molecule has 0 bridgehead atoms. The van der Waals surface area contributed by atoms with E-state index < -0.39 is 5.56 Å². The number of carbonyl (C=O) groups is 1. The molecule has 17 heavy (non-hydrogen) atoms. The van der Waals surface area contributed by atoms with Gasteiger partial charge in [0.1, 0.15) is 5.75 Å². The molecule has 1 saturated heterocycles. The van der Waals surface area contributed by atoms with Gasteiger partial charge in [-0.25, -0.2) is 0 Å². The molecular formula is C12H16N2O3. The van der Waals surface area contributed by atoms with E-state index in [0.29, 0.717) is 19.0 Å². The number of aromatic nitrogens is 1. The van der Waals surface area contributed by atoms with E-state index in [0.717, 1.165) is 18.9 Å². The van der Waals surface area contributed by atoms with Gasteiger partial charge in [0, 0.05) is 25.4 Å². The van der Waals surface area contributed by atoms with Gasteiger partial charge in [0.2, 0.25) is 0 Å². The lowest BCUT2D eigenvalue weighted by Crippen LogP contribution is -2.38. The van der Waals surface area contributed by atoms with Gasteiger partial charge in [0.25, 0.3) is 11.5 Å². The second-order valence-corrected chi connectivity index (χ2v) is 4.57. The third-order valence-electron chi connectivity index (χ3n) is 3.20. The van der Waals surface area contributed by atoms with E-state index in [1.54, 1.807) is 4.90 Å². The number of nitrogens with zero attached hydrogens (tertiary/aromatic N) is 1. The van der Waals surface area contributed by atoms with E-state index in [9.17, 15) is 14.7 Å². The van der Waals surface area contributed by atoms with E-state index >= 15 is 0 Å². The summed E-state index contributed by atoms with van der Waals surface area (Å²) < 4.78 is 0. The molecule has 0 aromatic carbocycles. The predicted molar refractivity (Wildman–Crippen MR) is 63.0 cm³/mol. The van der Waals surface area contributed by atoms with Crippen LogP contribution >= 0.6 is 0 Å². The summed E-state index contributed by atoms with van der Waals surface area (Å²) in [5.41, 5.74) is -0.245. The van der Waals surface area contributed by atoms with Crippen LogP contribution in [0.25, 0.3) is 0 Å².